The number of likely N-dealkylation sites (N-methyl/N-ethyl adjacent to an activating group) is 1. The first kappa shape index (κ1) is 32.3. The van der Waals surface area contributed by atoms with Crippen molar-refractivity contribution in [1.29, 1.82) is 0 Å². The Bertz CT molecular complexity index is 1620. The minimum atomic E-state index is -0.690. The van der Waals surface area contributed by atoms with E-state index in [-0.39, 0.29) is 5.91 Å². The van der Waals surface area contributed by atoms with Gasteiger partial charge in [0.1, 0.15) is 0 Å². The molecule has 0 fully saturated rings. The van der Waals surface area contributed by atoms with Crippen LogP contribution in [0.3, 0.4) is 0 Å². The third-order valence-corrected chi connectivity index (χ3v) is 8.05. The van der Waals surface area contributed by atoms with E-state index in [0.29, 0.717) is 38.6 Å². The molecule has 0 aliphatic heterocycles. The highest BCUT2D eigenvalue weighted by molar-refractivity contribution is 5.96. The molecule has 0 bridgehead atoms. The van der Waals surface area contributed by atoms with E-state index in [9.17, 15) is 9.59 Å². The van der Waals surface area contributed by atoms with Gasteiger partial charge in [0.05, 0.1) is 5.41 Å². The zero-order valence-corrected chi connectivity index (χ0v) is 26.8. The van der Waals surface area contributed by atoms with Crippen LogP contribution in [0.5, 0.6) is 0 Å². The van der Waals surface area contributed by atoms with E-state index < -0.39 is 11.4 Å². The maximum Gasteiger partial charge on any atom is 0.318 e. The summed E-state index contributed by atoms with van der Waals surface area (Å²) in [5.41, 5.74) is 13.5. The van der Waals surface area contributed by atoms with Crippen LogP contribution in [0, 0.1) is 13.8 Å². The Kier molecular flexibility index (Phi) is 10.4. The fourth-order valence-corrected chi connectivity index (χ4v) is 5.70. The molecule has 2 aromatic heterocycles. The molecule has 0 spiro atoms. The molecule has 2 aromatic carbocycles. The number of guanidine groups is 1. The maximum atomic E-state index is 13.5. The Labute approximate surface area is 260 Å². The second kappa shape index (κ2) is 14.2. The van der Waals surface area contributed by atoms with Crippen LogP contribution in [0.4, 0.5) is 4.79 Å². The quantitative estimate of drug-likeness (QED) is 0.137. The smallest absolute Gasteiger partial charge is 0.318 e. The molecule has 4 rings (SSSR count). The largest absolute Gasteiger partial charge is 0.356 e. The monoisotopic (exact) mass is 595 g/mol. The van der Waals surface area contributed by atoms with Gasteiger partial charge in [-0.05, 0) is 113 Å². The molecular formula is C35H45N7O2. The highest BCUT2D eigenvalue weighted by Gasteiger charge is 2.33. The summed E-state index contributed by atoms with van der Waals surface area (Å²) in [4.78, 5) is 39.5. The standard InChI is InChI=1S/C35H45N7O2/c1-7-42(8-2)32(43)35(5,6)27-9-10-30-29(22-27)28(31(40-30)26-20-23(3)19-24(4)21-26)14-18-39-34(41-33(36)44)38-17-13-25-11-15-37-16-12-25/h9-12,15-16,19-22,40H,7-8,13-14,17-18H2,1-6H3,(H4,36,38,39,41,44). The molecule has 0 radical (unpaired) electrons. The van der Waals surface area contributed by atoms with Gasteiger partial charge in [0.25, 0.3) is 0 Å². The predicted molar refractivity (Wildman–Crippen MR) is 179 cm³/mol. The summed E-state index contributed by atoms with van der Waals surface area (Å²) in [6, 6.07) is 16.0. The number of aromatic nitrogens is 2. The number of fused-ring (bicyclic) bond motifs is 1. The Balaban J connectivity index is 1.69. The Hall–Kier alpha value is -4.66. The van der Waals surface area contributed by atoms with Crippen LogP contribution in [-0.4, -0.2) is 58.9 Å². The molecule has 232 valence electrons. The van der Waals surface area contributed by atoms with E-state index in [1.807, 2.05) is 44.7 Å². The number of rotatable bonds is 11. The van der Waals surface area contributed by atoms with Gasteiger partial charge in [0, 0.05) is 55.2 Å². The molecule has 0 aliphatic carbocycles. The van der Waals surface area contributed by atoms with Crippen molar-refractivity contribution in [2.24, 2.45) is 10.7 Å². The number of H-pyrrole nitrogens is 1. The molecule has 0 saturated carbocycles. The van der Waals surface area contributed by atoms with Gasteiger partial charge in [0.2, 0.25) is 5.91 Å². The van der Waals surface area contributed by atoms with Gasteiger partial charge in [-0.3, -0.25) is 20.1 Å². The average molecular weight is 596 g/mol. The summed E-state index contributed by atoms with van der Waals surface area (Å²) in [6.07, 6.45) is 4.86. The van der Waals surface area contributed by atoms with Crippen molar-refractivity contribution in [3.8, 4) is 11.3 Å². The lowest BCUT2D eigenvalue weighted by molar-refractivity contribution is -0.135. The van der Waals surface area contributed by atoms with Crippen molar-refractivity contribution < 1.29 is 9.59 Å². The number of aromatic amines is 1. The molecule has 2 heterocycles. The maximum absolute atomic E-state index is 13.5. The molecule has 4 aromatic rings. The first-order valence-electron chi connectivity index (χ1n) is 15.3. The number of hydrogen-bond donors (Lipinski definition) is 4. The zero-order valence-electron chi connectivity index (χ0n) is 26.8. The van der Waals surface area contributed by atoms with Crippen LogP contribution in [-0.2, 0) is 23.1 Å². The number of hydrogen-bond acceptors (Lipinski definition) is 4. The second-order valence-electron chi connectivity index (χ2n) is 11.7. The second-order valence-corrected chi connectivity index (χ2v) is 11.7. The van der Waals surface area contributed by atoms with Crippen LogP contribution < -0.4 is 16.4 Å². The molecular weight excluding hydrogens is 550 g/mol. The number of carbonyl (C=O) groups excluding carboxylic acids is 2. The highest BCUT2D eigenvalue weighted by Crippen LogP contribution is 2.35. The number of aryl methyl sites for hydroxylation is 2. The van der Waals surface area contributed by atoms with Crippen LogP contribution in [0.15, 0.2) is 65.9 Å². The minimum absolute atomic E-state index is 0.109. The Morgan fingerprint density at radius 3 is 2.30 bits per heavy atom. The molecule has 0 atom stereocenters. The summed E-state index contributed by atoms with van der Waals surface area (Å²) in [6.45, 7) is 14.5. The van der Waals surface area contributed by atoms with Gasteiger partial charge in [-0.2, -0.15) is 0 Å². The molecule has 9 nitrogen and oxygen atoms in total. The number of carbonyl (C=O) groups is 2. The lowest BCUT2D eigenvalue weighted by Crippen LogP contribution is -2.44. The van der Waals surface area contributed by atoms with E-state index in [1.165, 1.54) is 11.1 Å². The van der Waals surface area contributed by atoms with Crippen molar-refractivity contribution in [2.45, 2.75) is 59.8 Å². The molecule has 44 heavy (non-hydrogen) atoms. The van der Waals surface area contributed by atoms with Crippen LogP contribution in [0.2, 0.25) is 0 Å². The minimum Gasteiger partial charge on any atom is -0.356 e. The van der Waals surface area contributed by atoms with Crippen LogP contribution >= 0.6 is 0 Å². The van der Waals surface area contributed by atoms with E-state index in [4.69, 9.17) is 10.7 Å². The van der Waals surface area contributed by atoms with E-state index in [2.05, 4.69) is 70.8 Å². The van der Waals surface area contributed by atoms with E-state index in [0.717, 1.165) is 45.3 Å². The van der Waals surface area contributed by atoms with Crippen LogP contribution in [0.1, 0.15) is 55.5 Å². The Morgan fingerprint density at radius 2 is 1.66 bits per heavy atom. The van der Waals surface area contributed by atoms with Crippen molar-refractivity contribution in [3.63, 3.8) is 0 Å². The lowest BCUT2D eigenvalue weighted by Gasteiger charge is -2.31. The SMILES string of the molecule is CCN(CC)C(=O)C(C)(C)c1ccc2[nH]c(-c3cc(C)cc(C)c3)c(CCN=C(NCCc3ccncc3)NC(N)=O)c2c1. The first-order chi connectivity index (χ1) is 21.0. The number of amides is 3. The third kappa shape index (κ3) is 7.64. The van der Waals surface area contributed by atoms with Gasteiger partial charge < -0.3 is 20.9 Å². The van der Waals surface area contributed by atoms with Gasteiger partial charge >= 0.3 is 6.03 Å². The molecule has 0 saturated heterocycles. The number of nitrogens with two attached hydrogens (primary N) is 1. The topological polar surface area (TPSA) is 128 Å². The highest BCUT2D eigenvalue weighted by atomic mass is 16.2. The van der Waals surface area contributed by atoms with Crippen molar-refractivity contribution in [2.75, 3.05) is 26.2 Å². The molecule has 0 unspecified atom stereocenters. The summed E-state index contributed by atoms with van der Waals surface area (Å²) in [5, 5.41) is 6.89. The summed E-state index contributed by atoms with van der Waals surface area (Å²) < 4.78 is 0. The van der Waals surface area contributed by atoms with E-state index in [1.54, 1.807) is 12.4 Å². The summed E-state index contributed by atoms with van der Waals surface area (Å²) in [5.74, 6) is 0.448. The number of aliphatic imine (C=N–C) groups is 1. The van der Waals surface area contributed by atoms with Crippen LogP contribution in [0.25, 0.3) is 22.2 Å². The molecule has 5 N–H and O–H groups in total. The Morgan fingerprint density at radius 1 is 0.977 bits per heavy atom. The first-order valence-corrected chi connectivity index (χ1v) is 15.3. The fourth-order valence-electron chi connectivity index (χ4n) is 5.70. The lowest BCUT2D eigenvalue weighted by atomic mass is 9.82. The normalized spacial score (nSPS) is 11.9. The number of primary amides is 1. The number of benzene rings is 2. The number of urea groups is 1. The predicted octanol–water partition coefficient (Wildman–Crippen LogP) is 5.39. The number of nitrogens with zero attached hydrogens (tertiary/aromatic N) is 3. The number of nitrogens with one attached hydrogen (secondary N) is 3. The summed E-state index contributed by atoms with van der Waals surface area (Å²) in [7, 11) is 0. The average Bonchev–Trinajstić information content (AvgIpc) is 3.35. The zero-order chi connectivity index (χ0) is 31.9. The van der Waals surface area contributed by atoms with Gasteiger partial charge in [-0.25, -0.2) is 4.79 Å². The third-order valence-electron chi connectivity index (χ3n) is 8.05. The van der Waals surface area contributed by atoms with Crippen molar-refractivity contribution in [1.82, 2.24) is 25.5 Å². The van der Waals surface area contributed by atoms with Gasteiger partial charge in [-0.15, -0.1) is 0 Å². The van der Waals surface area contributed by atoms with Gasteiger partial charge in [0.15, 0.2) is 5.96 Å². The molecule has 0 aliphatic rings. The fraction of sp³-hybridized carbons (Fsp3) is 0.371. The van der Waals surface area contributed by atoms with Crippen molar-refractivity contribution in [3.05, 3.63) is 88.7 Å². The van der Waals surface area contributed by atoms with Gasteiger partial charge in [-0.1, -0.05) is 23.3 Å². The number of pyridine rings is 1. The van der Waals surface area contributed by atoms with E-state index >= 15 is 0 Å². The molecule has 9 heteroatoms. The summed E-state index contributed by atoms with van der Waals surface area (Å²) >= 11 is 0. The van der Waals surface area contributed by atoms with Crippen molar-refractivity contribution >= 4 is 28.8 Å². The molecule has 3 amide bonds.